The molecule has 11 heteroatoms. The number of pyridine rings is 1. The van der Waals surface area contributed by atoms with Gasteiger partial charge in [-0.3, -0.25) is 4.79 Å². The molecular formula is C21H22F2N6O3. The van der Waals surface area contributed by atoms with Crippen molar-refractivity contribution in [2.45, 2.75) is 38.5 Å². The van der Waals surface area contributed by atoms with Crippen LogP contribution in [0, 0.1) is 0 Å². The molecular weight excluding hydrogens is 422 g/mol. The minimum Gasteiger partial charge on any atom is -0.472 e. The van der Waals surface area contributed by atoms with Crippen LogP contribution >= 0.6 is 0 Å². The standard InChI is InChI=1S/C21H22F2N6O3/c1-13-2-3-16(31-19-10-14(24)6-7-25-19)12-28(13)20(30)17-5-4-15(32-21(22)23)11-18(17)29-26-8-9-27-29/h4-11,13,16,21H,2-3,12H2,1H3,(H2,24,25). The van der Waals surface area contributed by atoms with E-state index in [4.69, 9.17) is 10.5 Å². The van der Waals surface area contributed by atoms with E-state index in [9.17, 15) is 13.6 Å². The van der Waals surface area contributed by atoms with Gasteiger partial charge in [0, 0.05) is 30.1 Å². The molecule has 1 aromatic carbocycles. The minimum absolute atomic E-state index is 0.0495. The summed E-state index contributed by atoms with van der Waals surface area (Å²) >= 11 is 0. The number of carbonyl (C=O) groups is 1. The molecule has 0 spiro atoms. The van der Waals surface area contributed by atoms with Crippen LogP contribution in [-0.2, 0) is 0 Å². The number of piperidine rings is 1. The molecule has 168 valence electrons. The highest BCUT2D eigenvalue weighted by Crippen LogP contribution is 2.27. The Morgan fingerprint density at radius 2 is 1.94 bits per heavy atom. The fourth-order valence-electron chi connectivity index (χ4n) is 3.64. The Labute approximate surface area is 182 Å². The van der Waals surface area contributed by atoms with E-state index in [0.29, 0.717) is 18.1 Å². The molecule has 32 heavy (non-hydrogen) atoms. The van der Waals surface area contributed by atoms with Gasteiger partial charge in [0.2, 0.25) is 5.88 Å². The van der Waals surface area contributed by atoms with Crippen LogP contribution < -0.4 is 15.2 Å². The molecule has 2 N–H and O–H groups in total. The first-order chi connectivity index (χ1) is 15.4. The quantitative estimate of drug-likeness (QED) is 0.623. The molecule has 9 nitrogen and oxygen atoms in total. The average molecular weight is 444 g/mol. The number of benzene rings is 1. The number of hydrogen-bond donors (Lipinski definition) is 1. The summed E-state index contributed by atoms with van der Waals surface area (Å²) in [7, 11) is 0. The van der Waals surface area contributed by atoms with Crippen molar-refractivity contribution in [1.29, 1.82) is 0 Å². The van der Waals surface area contributed by atoms with Crippen molar-refractivity contribution in [2.24, 2.45) is 0 Å². The third-order valence-electron chi connectivity index (χ3n) is 5.20. The highest BCUT2D eigenvalue weighted by Gasteiger charge is 2.32. The number of alkyl halides is 2. The van der Waals surface area contributed by atoms with Crippen LogP contribution in [0.15, 0.2) is 48.9 Å². The van der Waals surface area contributed by atoms with Gasteiger partial charge in [-0.25, -0.2) is 4.98 Å². The molecule has 0 radical (unpaired) electrons. The average Bonchev–Trinajstić information content (AvgIpc) is 3.29. The van der Waals surface area contributed by atoms with Gasteiger partial charge >= 0.3 is 6.61 Å². The maximum Gasteiger partial charge on any atom is 0.387 e. The predicted molar refractivity (Wildman–Crippen MR) is 111 cm³/mol. The van der Waals surface area contributed by atoms with Gasteiger partial charge in [0.25, 0.3) is 5.91 Å². The van der Waals surface area contributed by atoms with Crippen molar-refractivity contribution in [3.05, 3.63) is 54.5 Å². The second-order valence-corrected chi connectivity index (χ2v) is 7.43. The minimum atomic E-state index is -2.99. The van der Waals surface area contributed by atoms with Gasteiger partial charge in [-0.1, -0.05) is 0 Å². The monoisotopic (exact) mass is 444 g/mol. The van der Waals surface area contributed by atoms with Gasteiger partial charge in [0.1, 0.15) is 17.5 Å². The van der Waals surface area contributed by atoms with Crippen LogP contribution in [0.2, 0.25) is 0 Å². The lowest BCUT2D eigenvalue weighted by atomic mass is 9.99. The number of ether oxygens (including phenoxy) is 2. The van der Waals surface area contributed by atoms with Crippen LogP contribution in [0.4, 0.5) is 14.5 Å². The van der Waals surface area contributed by atoms with E-state index < -0.39 is 6.61 Å². The maximum absolute atomic E-state index is 13.5. The molecule has 2 atom stereocenters. The zero-order valence-electron chi connectivity index (χ0n) is 17.3. The van der Waals surface area contributed by atoms with Crippen LogP contribution in [0.5, 0.6) is 11.6 Å². The van der Waals surface area contributed by atoms with Crippen LogP contribution in [-0.4, -0.2) is 56.1 Å². The van der Waals surface area contributed by atoms with E-state index in [1.807, 2.05) is 6.92 Å². The fourth-order valence-corrected chi connectivity index (χ4v) is 3.64. The zero-order valence-corrected chi connectivity index (χ0v) is 17.3. The van der Waals surface area contributed by atoms with Crippen molar-refractivity contribution in [3.63, 3.8) is 0 Å². The Balaban J connectivity index is 1.59. The van der Waals surface area contributed by atoms with Crippen LogP contribution in [0.25, 0.3) is 5.69 Å². The summed E-state index contributed by atoms with van der Waals surface area (Å²) in [5.74, 6) is 0.0126. The van der Waals surface area contributed by atoms with Crippen LogP contribution in [0.3, 0.4) is 0 Å². The van der Waals surface area contributed by atoms with E-state index in [-0.39, 0.29) is 35.1 Å². The Kier molecular flexibility index (Phi) is 6.15. The van der Waals surface area contributed by atoms with Gasteiger partial charge in [0.05, 0.1) is 24.5 Å². The molecule has 1 fully saturated rings. The molecule has 2 unspecified atom stereocenters. The molecule has 3 heterocycles. The smallest absolute Gasteiger partial charge is 0.387 e. The third kappa shape index (κ3) is 4.76. The van der Waals surface area contributed by atoms with Gasteiger partial charge < -0.3 is 20.1 Å². The molecule has 1 amide bonds. The maximum atomic E-state index is 13.5. The van der Waals surface area contributed by atoms with Gasteiger partial charge in [-0.15, -0.1) is 0 Å². The molecule has 0 bridgehead atoms. The number of aromatic nitrogens is 4. The Morgan fingerprint density at radius 1 is 1.16 bits per heavy atom. The van der Waals surface area contributed by atoms with Gasteiger partial charge in [-0.2, -0.15) is 23.8 Å². The highest BCUT2D eigenvalue weighted by atomic mass is 19.3. The number of nitrogens with two attached hydrogens (primary N) is 1. The van der Waals surface area contributed by atoms with Gasteiger partial charge in [-0.05, 0) is 38.0 Å². The van der Waals surface area contributed by atoms with Crippen molar-refractivity contribution in [3.8, 4) is 17.3 Å². The fraction of sp³-hybridized carbons (Fsp3) is 0.333. The normalized spacial score (nSPS) is 18.6. The number of anilines is 1. The third-order valence-corrected chi connectivity index (χ3v) is 5.20. The number of likely N-dealkylation sites (tertiary alicyclic amines) is 1. The zero-order chi connectivity index (χ0) is 22.7. The largest absolute Gasteiger partial charge is 0.472 e. The number of carbonyl (C=O) groups excluding carboxylic acids is 1. The van der Waals surface area contributed by atoms with E-state index >= 15 is 0 Å². The van der Waals surface area contributed by atoms with Crippen molar-refractivity contribution in [1.82, 2.24) is 24.9 Å². The molecule has 1 aliphatic rings. The summed E-state index contributed by atoms with van der Waals surface area (Å²) in [6.45, 7) is -0.708. The summed E-state index contributed by atoms with van der Waals surface area (Å²) in [5.41, 5.74) is 6.83. The van der Waals surface area contributed by atoms with E-state index in [1.165, 1.54) is 35.4 Å². The van der Waals surface area contributed by atoms with Crippen molar-refractivity contribution < 1.29 is 23.0 Å². The number of hydrogen-bond acceptors (Lipinski definition) is 7. The van der Waals surface area contributed by atoms with Crippen LogP contribution in [0.1, 0.15) is 30.1 Å². The first-order valence-electron chi connectivity index (χ1n) is 10.1. The second kappa shape index (κ2) is 9.16. The van der Waals surface area contributed by atoms with E-state index in [1.54, 1.807) is 23.2 Å². The second-order valence-electron chi connectivity index (χ2n) is 7.43. The lowest BCUT2D eigenvalue weighted by Crippen LogP contribution is -2.49. The van der Waals surface area contributed by atoms with Crippen molar-refractivity contribution >= 4 is 11.6 Å². The SMILES string of the molecule is CC1CCC(Oc2cc(N)ccn2)CN1C(=O)c1ccc(OC(F)F)cc1-n1nccn1. The number of rotatable bonds is 6. The summed E-state index contributed by atoms with van der Waals surface area (Å²) in [6, 6.07) is 7.33. The number of halogens is 2. The van der Waals surface area contributed by atoms with E-state index in [2.05, 4.69) is 19.9 Å². The summed E-state index contributed by atoms with van der Waals surface area (Å²) in [5, 5.41) is 8.08. The summed E-state index contributed by atoms with van der Waals surface area (Å²) in [4.78, 5) is 20.5. The Morgan fingerprint density at radius 3 is 2.66 bits per heavy atom. The predicted octanol–water partition coefficient (Wildman–Crippen LogP) is 2.92. The lowest BCUT2D eigenvalue weighted by Gasteiger charge is -2.38. The molecule has 0 saturated carbocycles. The number of amides is 1. The molecule has 1 saturated heterocycles. The highest BCUT2D eigenvalue weighted by molar-refractivity contribution is 5.98. The summed E-state index contributed by atoms with van der Waals surface area (Å²) in [6.07, 6.45) is 5.63. The number of nitrogen functional groups attached to an aromatic ring is 1. The van der Waals surface area contributed by atoms with E-state index in [0.717, 1.165) is 12.8 Å². The molecule has 4 rings (SSSR count). The topological polar surface area (TPSA) is 108 Å². The molecule has 0 aliphatic carbocycles. The molecule has 1 aliphatic heterocycles. The van der Waals surface area contributed by atoms with Gasteiger partial charge in [0.15, 0.2) is 0 Å². The Bertz CT molecular complexity index is 1080. The number of nitrogens with zero attached hydrogens (tertiary/aromatic N) is 5. The summed E-state index contributed by atoms with van der Waals surface area (Å²) < 4.78 is 35.8. The Hall–Kier alpha value is -3.76. The molecule has 3 aromatic rings. The first kappa shape index (κ1) is 21.5. The van der Waals surface area contributed by atoms with Crippen molar-refractivity contribution in [2.75, 3.05) is 12.3 Å². The lowest BCUT2D eigenvalue weighted by molar-refractivity contribution is -0.0498. The first-order valence-corrected chi connectivity index (χ1v) is 10.1. The molecule has 2 aromatic heterocycles.